The number of hydrogen-bond acceptors (Lipinski definition) is 1. The average Bonchev–Trinajstić information content (AvgIpc) is 2.04. The van der Waals surface area contributed by atoms with E-state index in [2.05, 4.69) is 0 Å². The van der Waals surface area contributed by atoms with Crippen molar-refractivity contribution in [2.24, 2.45) is 0 Å². The van der Waals surface area contributed by atoms with Gasteiger partial charge in [0.25, 0.3) is 0 Å². The van der Waals surface area contributed by atoms with E-state index in [0.29, 0.717) is 0 Å². The van der Waals surface area contributed by atoms with Gasteiger partial charge < -0.3 is 6.16 Å². The molecule has 1 rings (SSSR count). The van der Waals surface area contributed by atoms with Gasteiger partial charge in [-0.25, -0.2) is 0 Å². The molecule has 0 radical (unpaired) electrons. The van der Waals surface area contributed by atoms with Gasteiger partial charge in [-0.05, 0) is 6.07 Å². The zero-order chi connectivity index (χ0) is 8.27. The van der Waals surface area contributed by atoms with Crippen LogP contribution in [0.3, 0.4) is 0 Å². The van der Waals surface area contributed by atoms with E-state index >= 15 is 0 Å². The second-order valence-corrected chi connectivity index (χ2v) is 2.04. The summed E-state index contributed by atoms with van der Waals surface area (Å²) in [6, 6.07) is 6.08. The molecule has 0 atom stereocenters. The molecule has 1 nitrogen and oxygen atoms in total. The minimum Gasteiger partial charge on any atom is -1.00 e. The Hall–Kier alpha value is 0.581. The van der Waals surface area contributed by atoms with Gasteiger partial charge in [-0.2, -0.15) is 0 Å². The fourth-order valence-electron chi connectivity index (χ4n) is 0.847. The van der Waals surface area contributed by atoms with Crippen LogP contribution in [-0.4, -0.2) is 14.4 Å². The molecule has 0 aliphatic heterocycles. The molecule has 0 heterocycles. The molecule has 60 valence electrons. The minimum atomic E-state index is -2.47. The average molecular weight is 196 g/mol. The van der Waals surface area contributed by atoms with Gasteiger partial charge in [0.15, 0.2) is 0 Å². The fraction of sp³-hybridized carbons (Fsp3) is 0.143. The zero-order valence-corrected chi connectivity index (χ0v) is 10.2. The molecule has 0 bridgehead atoms. The van der Waals surface area contributed by atoms with Crippen LogP contribution in [0.5, 0.6) is 5.75 Å². The van der Waals surface area contributed by atoms with Crippen molar-refractivity contribution in [1.29, 1.82) is 0 Å². The summed E-state index contributed by atoms with van der Waals surface area (Å²) in [6.07, 6.45) is 0. The van der Waals surface area contributed by atoms with Crippen molar-refractivity contribution in [2.45, 2.75) is 0 Å². The summed E-state index contributed by atoms with van der Waals surface area (Å²) < 4.78 is 29.0. The molecule has 0 amide bonds. The van der Waals surface area contributed by atoms with Gasteiger partial charge in [0.2, 0.25) is 0 Å². The molecule has 0 aliphatic rings. The Morgan fingerprint density at radius 2 is 1.92 bits per heavy atom. The van der Waals surface area contributed by atoms with Crippen molar-refractivity contribution >= 4 is 12.7 Å². The maximum atomic E-state index is 12.1. The van der Waals surface area contributed by atoms with Crippen LogP contribution in [0.25, 0.3) is 0 Å². The van der Waals surface area contributed by atoms with Gasteiger partial charge in [-0.1, -0.05) is 18.2 Å². The van der Waals surface area contributed by atoms with E-state index in [9.17, 15) is 8.63 Å². The molecule has 0 saturated carbocycles. The van der Waals surface area contributed by atoms with Crippen molar-refractivity contribution in [3.05, 3.63) is 24.3 Å². The zero-order valence-electron chi connectivity index (χ0n) is 8.05. The van der Waals surface area contributed by atoms with Crippen LogP contribution in [0.1, 0.15) is 1.43 Å². The van der Waals surface area contributed by atoms with Crippen LogP contribution in [0.15, 0.2) is 24.3 Å². The van der Waals surface area contributed by atoms with E-state index in [4.69, 9.17) is 4.74 Å². The first-order valence-electron chi connectivity index (χ1n) is 3.16. The van der Waals surface area contributed by atoms with E-state index < -0.39 is 7.27 Å². The third kappa shape index (κ3) is 3.14. The Bertz CT molecular complexity index is 250. The second kappa shape index (κ2) is 6.10. The van der Waals surface area contributed by atoms with Gasteiger partial charge in [0, 0.05) is 5.46 Å². The molecular weight excluding hydrogens is 188 g/mol. The third-order valence-corrected chi connectivity index (χ3v) is 1.37. The molecule has 12 heavy (non-hydrogen) atoms. The predicted molar refractivity (Wildman–Crippen MR) is 41.7 cm³/mol. The van der Waals surface area contributed by atoms with Crippen LogP contribution in [-0.2, 0) is 0 Å². The molecule has 0 unspecified atom stereocenters. The van der Waals surface area contributed by atoms with E-state index in [0.717, 1.165) is 0 Å². The van der Waals surface area contributed by atoms with Crippen molar-refractivity contribution < 1.29 is 66.2 Å². The van der Waals surface area contributed by atoms with E-state index in [1.807, 2.05) is 0 Å². The third-order valence-electron chi connectivity index (χ3n) is 1.37. The number of rotatable bonds is 2. The first-order valence-corrected chi connectivity index (χ1v) is 3.16. The second-order valence-electron chi connectivity index (χ2n) is 2.04. The summed E-state index contributed by atoms with van der Waals surface area (Å²) in [4.78, 5) is 0. The Morgan fingerprint density at radius 3 is 2.33 bits per heavy atom. The Kier molecular flexibility index (Phi) is 6.39. The normalized spacial score (nSPS) is 8.58. The maximum Gasteiger partial charge on any atom is 1.00 e. The fourth-order valence-corrected chi connectivity index (χ4v) is 0.847. The number of ether oxygens (including phenoxy) is 1. The van der Waals surface area contributed by atoms with Gasteiger partial charge in [-0.3, -0.25) is 8.63 Å². The topological polar surface area (TPSA) is 9.23 Å². The Labute approximate surface area is 115 Å². The van der Waals surface area contributed by atoms with Gasteiger partial charge >= 0.3 is 58.7 Å². The smallest absolute Gasteiger partial charge is 1.00 e. The predicted octanol–water partition coefficient (Wildman–Crippen LogP) is -1.55. The first-order chi connectivity index (χ1) is 5.25. The summed E-state index contributed by atoms with van der Waals surface area (Å²) in [5.74, 6) is 0.238. The molecular formula is C7H8BF2KO. The number of halogens is 2. The van der Waals surface area contributed by atoms with Crippen LogP contribution in [0, 0.1) is 0 Å². The Balaban J connectivity index is 0. The molecule has 0 aromatic heterocycles. The van der Waals surface area contributed by atoms with Gasteiger partial charge in [0.1, 0.15) is 5.75 Å². The molecule has 0 saturated heterocycles. The van der Waals surface area contributed by atoms with Gasteiger partial charge in [0.05, 0.1) is 7.11 Å². The molecule has 1 aromatic rings. The molecule has 0 aliphatic carbocycles. The maximum absolute atomic E-state index is 12.1. The van der Waals surface area contributed by atoms with E-state index in [-0.39, 0.29) is 64.0 Å². The van der Waals surface area contributed by atoms with Crippen LogP contribution >= 0.6 is 0 Å². The molecule has 5 heteroatoms. The van der Waals surface area contributed by atoms with Crippen molar-refractivity contribution in [3.8, 4) is 5.75 Å². The number of hydrogen-bond donors (Lipinski definition) is 0. The Morgan fingerprint density at radius 1 is 1.33 bits per heavy atom. The summed E-state index contributed by atoms with van der Waals surface area (Å²) in [6.45, 7) is 0. The minimum absolute atomic E-state index is 0. The van der Waals surface area contributed by atoms with E-state index in [1.54, 1.807) is 12.1 Å². The number of benzene rings is 1. The standard InChI is InChI=1S/C7H7BF2O.K.H/c1-11-7-5-3-2-4-6(7)8(9)10;;/h2-5H,1H3;;/q;+1;-1. The summed E-state index contributed by atoms with van der Waals surface area (Å²) in [5.41, 5.74) is -0.0602. The van der Waals surface area contributed by atoms with Gasteiger partial charge in [-0.15, -0.1) is 0 Å². The monoisotopic (exact) mass is 196 g/mol. The van der Waals surface area contributed by atoms with Crippen molar-refractivity contribution in [2.75, 3.05) is 7.11 Å². The molecule has 0 spiro atoms. The van der Waals surface area contributed by atoms with Crippen LogP contribution < -0.4 is 61.6 Å². The largest absolute Gasteiger partial charge is 1.00 e. The molecule has 0 fully saturated rings. The van der Waals surface area contributed by atoms with E-state index in [1.165, 1.54) is 19.2 Å². The van der Waals surface area contributed by atoms with Crippen molar-refractivity contribution in [3.63, 3.8) is 0 Å². The first kappa shape index (κ1) is 12.6. The summed E-state index contributed by atoms with van der Waals surface area (Å²) in [5, 5.41) is 0. The SMILES string of the molecule is COc1ccccc1B(F)F.[H-].[K+]. The van der Waals surface area contributed by atoms with Crippen molar-refractivity contribution in [1.82, 2.24) is 0 Å². The summed E-state index contributed by atoms with van der Waals surface area (Å²) in [7, 11) is -1.09. The van der Waals surface area contributed by atoms with Crippen LogP contribution in [0.2, 0.25) is 0 Å². The quantitative estimate of drug-likeness (QED) is 0.520. The van der Waals surface area contributed by atoms with Crippen LogP contribution in [0.4, 0.5) is 8.63 Å². The number of para-hydroxylation sites is 1. The summed E-state index contributed by atoms with van der Waals surface area (Å²) >= 11 is 0. The number of methoxy groups -OCH3 is 1. The molecule has 1 aromatic carbocycles. The molecule has 0 N–H and O–H groups in total.